The lowest BCUT2D eigenvalue weighted by Crippen LogP contribution is -2.14. The third-order valence-electron chi connectivity index (χ3n) is 3.60. The zero-order valence-corrected chi connectivity index (χ0v) is 14.1. The first kappa shape index (κ1) is 16.6. The summed E-state index contributed by atoms with van der Waals surface area (Å²) < 4.78 is 0. The van der Waals surface area contributed by atoms with Gasteiger partial charge in [0.05, 0.1) is 17.4 Å². The van der Waals surface area contributed by atoms with Crippen LogP contribution in [0.25, 0.3) is 11.0 Å². The topological polar surface area (TPSA) is 93.6 Å². The van der Waals surface area contributed by atoms with E-state index in [-0.39, 0.29) is 5.57 Å². The fourth-order valence-electron chi connectivity index (χ4n) is 2.20. The minimum atomic E-state index is -0.516. The number of rotatable bonds is 4. The predicted molar refractivity (Wildman–Crippen MR) is 98.2 cm³/mol. The van der Waals surface area contributed by atoms with Crippen molar-refractivity contribution in [3.63, 3.8) is 0 Å². The van der Waals surface area contributed by atoms with Gasteiger partial charge in [-0.3, -0.25) is 4.79 Å². The van der Waals surface area contributed by atoms with E-state index in [1.165, 1.54) is 6.20 Å². The molecule has 1 heterocycles. The molecule has 0 aliphatic heterocycles. The van der Waals surface area contributed by atoms with Gasteiger partial charge in [0.15, 0.2) is 0 Å². The van der Waals surface area contributed by atoms with E-state index in [2.05, 4.69) is 20.6 Å². The molecule has 0 radical (unpaired) electrons. The van der Waals surface area contributed by atoms with E-state index < -0.39 is 5.91 Å². The maximum atomic E-state index is 12.2. The van der Waals surface area contributed by atoms with Crippen LogP contribution < -0.4 is 10.6 Å². The van der Waals surface area contributed by atoms with Crippen molar-refractivity contribution >= 4 is 39.9 Å². The van der Waals surface area contributed by atoms with Crippen molar-refractivity contribution in [2.45, 2.75) is 6.92 Å². The van der Waals surface area contributed by atoms with Crippen LogP contribution in [0.5, 0.6) is 0 Å². The molecule has 25 heavy (non-hydrogen) atoms. The number of aromatic amines is 1. The number of hydrogen-bond acceptors (Lipinski definition) is 4. The Morgan fingerprint density at radius 3 is 2.84 bits per heavy atom. The number of nitrogens with one attached hydrogen (secondary N) is 3. The molecule has 0 atom stereocenters. The van der Waals surface area contributed by atoms with E-state index >= 15 is 0 Å². The van der Waals surface area contributed by atoms with E-state index in [1.54, 1.807) is 24.5 Å². The molecular weight excluding hydrogens is 338 g/mol. The Morgan fingerprint density at radius 1 is 1.28 bits per heavy atom. The van der Waals surface area contributed by atoms with Crippen molar-refractivity contribution in [1.29, 1.82) is 5.26 Å². The number of halogens is 1. The second-order valence-corrected chi connectivity index (χ2v) is 5.77. The monoisotopic (exact) mass is 351 g/mol. The third kappa shape index (κ3) is 3.79. The molecule has 0 unspecified atom stereocenters. The van der Waals surface area contributed by atoms with Gasteiger partial charge in [-0.2, -0.15) is 5.26 Å². The number of benzene rings is 2. The van der Waals surface area contributed by atoms with Gasteiger partial charge in [-0.25, -0.2) is 4.98 Å². The van der Waals surface area contributed by atoms with Gasteiger partial charge in [0.25, 0.3) is 5.91 Å². The standard InChI is InChI=1S/C18H14ClN5O/c1-11-2-3-14(6-15(11)19)24-18(25)12(8-20)9-21-13-4-5-16-17(7-13)23-10-22-16/h2-7,9-10,21H,1H3,(H,22,23)(H,24,25)/b12-9-. The molecule has 124 valence electrons. The molecule has 0 fully saturated rings. The van der Waals surface area contributed by atoms with Crippen LogP contribution in [0.3, 0.4) is 0 Å². The summed E-state index contributed by atoms with van der Waals surface area (Å²) in [7, 11) is 0. The number of amides is 1. The molecule has 0 saturated heterocycles. The number of nitrogens with zero attached hydrogens (tertiary/aromatic N) is 2. The highest BCUT2D eigenvalue weighted by Crippen LogP contribution is 2.20. The van der Waals surface area contributed by atoms with Gasteiger partial charge >= 0.3 is 0 Å². The van der Waals surface area contributed by atoms with Gasteiger partial charge in [-0.15, -0.1) is 0 Å². The first-order valence-corrected chi connectivity index (χ1v) is 7.82. The van der Waals surface area contributed by atoms with Gasteiger partial charge in [0.2, 0.25) is 0 Å². The molecule has 1 amide bonds. The first-order chi connectivity index (χ1) is 12.1. The van der Waals surface area contributed by atoms with Crippen molar-refractivity contribution in [3.05, 3.63) is 65.1 Å². The second-order valence-electron chi connectivity index (χ2n) is 5.37. The zero-order valence-electron chi connectivity index (χ0n) is 13.3. The fraction of sp³-hybridized carbons (Fsp3) is 0.0556. The van der Waals surface area contributed by atoms with Crippen LogP contribution in [-0.2, 0) is 4.79 Å². The maximum Gasteiger partial charge on any atom is 0.267 e. The Bertz CT molecular complexity index is 1020. The van der Waals surface area contributed by atoms with Crippen LogP contribution in [0.2, 0.25) is 5.02 Å². The summed E-state index contributed by atoms with van der Waals surface area (Å²) in [6.07, 6.45) is 2.97. The van der Waals surface area contributed by atoms with E-state index in [0.29, 0.717) is 10.7 Å². The molecule has 0 bridgehead atoms. The highest BCUT2D eigenvalue weighted by Gasteiger charge is 2.10. The molecule has 7 heteroatoms. The van der Waals surface area contributed by atoms with Crippen molar-refractivity contribution < 1.29 is 4.79 Å². The summed E-state index contributed by atoms with van der Waals surface area (Å²) in [5, 5.41) is 15.4. The highest BCUT2D eigenvalue weighted by molar-refractivity contribution is 6.31. The molecule has 6 nitrogen and oxygen atoms in total. The summed E-state index contributed by atoms with van der Waals surface area (Å²) >= 11 is 6.04. The number of imidazole rings is 1. The fourth-order valence-corrected chi connectivity index (χ4v) is 2.38. The van der Waals surface area contributed by atoms with E-state index in [4.69, 9.17) is 11.6 Å². The Labute approximate surface area is 149 Å². The van der Waals surface area contributed by atoms with Crippen LogP contribution in [-0.4, -0.2) is 15.9 Å². The first-order valence-electron chi connectivity index (χ1n) is 7.44. The van der Waals surface area contributed by atoms with Crippen LogP contribution in [0.4, 0.5) is 11.4 Å². The molecular formula is C18H14ClN5O. The average molecular weight is 352 g/mol. The van der Waals surface area contributed by atoms with E-state index in [1.807, 2.05) is 31.2 Å². The van der Waals surface area contributed by atoms with Gasteiger partial charge in [-0.05, 0) is 42.8 Å². The SMILES string of the molecule is Cc1ccc(NC(=O)/C(C#N)=C\Nc2ccc3nc[nH]c3c2)cc1Cl. The molecule has 1 aromatic heterocycles. The van der Waals surface area contributed by atoms with Crippen LogP contribution in [0, 0.1) is 18.3 Å². The second kappa shape index (κ2) is 7.07. The molecule has 2 aromatic carbocycles. The number of aromatic nitrogens is 2. The number of hydrogen-bond donors (Lipinski definition) is 3. The number of carbonyl (C=O) groups excluding carboxylic acids is 1. The molecule has 0 aliphatic carbocycles. The Morgan fingerprint density at radius 2 is 2.08 bits per heavy atom. The number of fused-ring (bicyclic) bond motifs is 1. The maximum absolute atomic E-state index is 12.2. The summed E-state index contributed by atoms with van der Waals surface area (Å²) in [5.41, 5.74) is 3.81. The normalized spacial score (nSPS) is 11.2. The lowest BCUT2D eigenvalue weighted by Gasteiger charge is -2.07. The van der Waals surface area contributed by atoms with Crippen LogP contribution >= 0.6 is 11.6 Å². The Balaban J connectivity index is 1.73. The number of H-pyrrole nitrogens is 1. The summed E-state index contributed by atoms with van der Waals surface area (Å²) in [5.74, 6) is -0.516. The van der Waals surface area contributed by atoms with Crippen molar-refractivity contribution in [2.24, 2.45) is 0 Å². The molecule has 3 rings (SSSR count). The summed E-state index contributed by atoms with van der Waals surface area (Å²) in [4.78, 5) is 19.4. The van der Waals surface area contributed by atoms with Gasteiger partial charge in [0, 0.05) is 22.6 Å². The van der Waals surface area contributed by atoms with Gasteiger partial charge in [0.1, 0.15) is 11.6 Å². The third-order valence-corrected chi connectivity index (χ3v) is 4.01. The largest absolute Gasteiger partial charge is 0.360 e. The van der Waals surface area contributed by atoms with Crippen molar-refractivity contribution in [3.8, 4) is 6.07 Å². The smallest absolute Gasteiger partial charge is 0.267 e. The van der Waals surface area contributed by atoms with Crippen LogP contribution in [0.15, 0.2) is 54.5 Å². The van der Waals surface area contributed by atoms with Crippen LogP contribution in [0.1, 0.15) is 5.56 Å². The molecule has 3 aromatic rings. The summed E-state index contributed by atoms with van der Waals surface area (Å²) in [6, 6.07) is 12.5. The number of anilines is 2. The Hall–Kier alpha value is -3.30. The van der Waals surface area contributed by atoms with Gasteiger partial charge < -0.3 is 15.6 Å². The van der Waals surface area contributed by atoms with Crippen molar-refractivity contribution in [2.75, 3.05) is 10.6 Å². The molecule has 0 aliphatic rings. The predicted octanol–water partition coefficient (Wildman–Crippen LogP) is 3.98. The summed E-state index contributed by atoms with van der Waals surface area (Å²) in [6.45, 7) is 1.87. The minimum absolute atomic E-state index is 0.0543. The number of carbonyl (C=O) groups is 1. The number of nitriles is 1. The molecule has 0 saturated carbocycles. The average Bonchev–Trinajstić information content (AvgIpc) is 3.06. The molecule has 0 spiro atoms. The lowest BCUT2D eigenvalue weighted by molar-refractivity contribution is -0.112. The Kier molecular flexibility index (Phi) is 4.68. The quantitative estimate of drug-likeness (QED) is 0.489. The molecule has 3 N–H and O–H groups in total. The van der Waals surface area contributed by atoms with Crippen molar-refractivity contribution in [1.82, 2.24) is 9.97 Å². The van der Waals surface area contributed by atoms with E-state index in [9.17, 15) is 10.1 Å². The lowest BCUT2D eigenvalue weighted by atomic mass is 10.2. The van der Waals surface area contributed by atoms with Gasteiger partial charge in [-0.1, -0.05) is 17.7 Å². The zero-order chi connectivity index (χ0) is 17.8. The highest BCUT2D eigenvalue weighted by atomic mass is 35.5. The number of aryl methyl sites for hydroxylation is 1. The van der Waals surface area contributed by atoms with E-state index in [0.717, 1.165) is 22.3 Å². The minimum Gasteiger partial charge on any atom is -0.360 e.